The number of aliphatic carboxylic acids is 1. The number of aliphatic hydroxyl groups excluding tert-OH is 1. The molecule has 8 heteroatoms. The van der Waals surface area contributed by atoms with Crippen molar-refractivity contribution in [2.75, 3.05) is 6.61 Å². The fourth-order valence-corrected chi connectivity index (χ4v) is 2.16. The predicted octanol–water partition coefficient (Wildman–Crippen LogP) is -0.757. The third-order valence-corrected chi connectivity index (χ3v) is 3.51. The van der Waals surface area contributed by atoms with E-state index in [0.717, 1.165) is 12.8 Å². The second-order valence-electron chi connectivity index (χ2n) is 5.93. The minimum Gasteiger partial charge on any atom is -0.481 e. The van der Waals surface area contributed by atoms with E-state index in [1.807, 2.05) is 13.8 Å². The highest BCUT2D eigenvalue weighted by atomic mass is 16.5. The first-order valence-corrected chi connectivity index (χ1v) is 7.35. The number of hydrogen-bond acceptors (Lipinski definition) is 6. The molecule has 1 fully saturated rings. The van der Waals surface area contributed by atoms with Crippen LogP contribution < -0.4 is 11.1 Å². The molecule has 0 radical (unpaired) electrons. The fraction of sp³-hybridized carbons (Fsp3) is 0.786. The fourth-order valence-electron chi connectivity index (χ4n) is 2.16. The van der Waals surface area contributed by atoms with Gasteiger partial charge in [0.25, 0.3) is 0 Å². The molecule has 5 N–H and O–H groups in total. The summed E-state index contributed by atoms with van der Waals surface area (Å²) in [6.45, 7) is 3.23. The van der Waals surface area contributed by atoms with Gasteiger partial charge in [0.15, 0.2) is 6.04 Å². The summed E-state index contributed by atoms with van der Waals surface area (Å²) >= 11 is 0. The van der Waals surface area contributed by atoms with Crippen LogP contribution in [-0.4, -0.2) is 52.9 Å². The monoisotopic (exact) mass is 316 g/mol. The van der Waals surface area contributed by atoms with Gasteiger partial charge in [-0.3, -0.25) is 9.59 Å². The van der Waals surface area contributed by atoms with Gasteiger partial charge < -0.3 is 26.0 Å². The lowest BCUT2D eigenvalue weighted by atomic mass is 10.0. The Morgan fingerprint density at radius 1 is 1.32 bits per heavy atom. The molecule has 22 heavy (non-hydrogen) atoms. The van der Waals surface area contributed by atoms with Crippen LogP contribution in [0.4, 0.5) is 0 Å². The van der Waals surface area contributed by atoms with Crippen molar-refractivity contribution in [2.24, 2.45) is 17.6 Å². The summed E-state index contributed by atoms with van der Waals surface area (Å²) in [5.41, 5.74) is 5.40. The van der Waals surface area contributed by atoms with Gasteiger partial charge in [0.1, 0.15) is 6.10 Å². The van der Waals surface area contributed by atoms with E-state index in [2.05, 4.69) is 5.32 Å². The molecular formula is C14H24N2O6. The molecular weight excluding hydrogens is 292 g/mol. The van der Waals surface area contributed by atoms with Crippen molar-refractivity contribution in [1.82, 2.24) is 5.32 Å². The maximum atomic E-state index is 12.0. The molecule has 0 bridgehead atoms. The lowest BCUT2D eigenvalue weighted by molar-refractivity contribution is -0.157. The van der Waals surface area contributed by atoms with E-state index in [0.29, 0.717) is 5.92 Å². The predicted molar refractivity (Wildman–Crippen MR) is 76.7 cm³/mol. The van der Waals surface area contributed by atoms with Crippen molar-refractivity contribution >= 4 is 17.8 Å². The molecule has 1 unspecified atom stereocenters. The van der Waals surface area contributed by atoms with E-state index in [1.54, 1.807) is 0 Å². The lowest BCUT2D eigenvalue weighted by Gasteiger charge is -2.24. The Morgan fingerprint density at radius 3 is 2.32 bits per heavy atom. The van der Waals surface area contributed by atoms with E-state index in [-0.39, 0.29) is 12.0 Å². The van der Waals surface area contributed by atoms with Gasteiger partial charge in [0.2, 0.25) is 5.91 Å². The second kappa shape index (κ2) is 8.09. The number of carboxylic acid groups (broad SMARTS) is 1. The molecule has 0 heterocycles. The first kappa shape index (κ1) is 18.4. The zero-order valence-corrected chi connectivity index (χ0v) is 12.8. The number of rotatable bonds is 9. The lowest BCUT2D eigenvalue weighted by Crippen LogP contribution is -2.51. The standard InChI is InChI=1S/C14H24N2O6/c1-7(2)12(8-3-4-8)22-14(21)10(6-17)16-13(20)9(15)5-11(18)19/h7-10,12,17H,3-6,15H2,1-2H3,(H,16,20)(H,18,19)/t9-,10-,12?/m0/s1. The van der Waals surface area contributed by atoms with Gasteiger partial charge in [-0.1, -0.05) is 13.8 Å². The van der Waals surface area contributed by atoms with Gasteiger partial charge in [0, 0.05) is 0 Å². The highest BCUT2D eigenvalue weighted by molar-refractivity contribution is 5.89. The number of nitrogens with two attached hydrogens (primary N) is 1. The van der Waals surface area contributed by atoms with Gasteiger partial charge in [-0.15, -0.1) is 0 Å². The average molecular weight is 316 g/mol. The van der Waals surface area contributed by atoms with Crippen LogP contribution in [0.2, 0.25) is 0 Å². The van der Waals surface area contributed by atoms with Crippen molar-refractivity contribution in [3.05, 3.63) is 0 Å². The van der Waals surface area contributed by atoms with Gasteiger partial charge in [0.05, 0.1) is 19.1 Å². The maximum absolute atomic E-state index is 12.0. The Morgan fingerprint density at radius 2 is 1.91 bits per heavy atom. The smallest absolute Gasteiger partial charge is 0.331 e. The van der Waals surface area contributed by atoms with Gasteiger partial charge in [-0.25, -0.2) is 4.79 Å². The van der Waals surface area contributed by atoms with Gasteiger partial charge in [-0.05, 0) is 24.7 Å². The zero-order valence-electron chi connectivity index (χ0n) is 12.8. The molecule has 126 valence electrons. The molecule has 1 amide bonds. The Bertz CT molecular complexity index is 420. The zero-order chi connectivity index (χ0) is 16.9. The van der Waals surface area contributed by atoms with Crippen LogP contribution >= 0.6 is 0 Å². The first-order valence-electron chi connectivity index (χ1n) is 7.35. The van der Waals surface area contributed by atoms with Crippen LogP contribution in [0.1, 0.15) is 33.1 Å². The van der Waals surface area contributed by atoms with E-state index in [9.17, 15) is 19.5 Å². The number of carbonyl (C=O) groups excluding carboxylic acids is 2. The summed E-state index contributed by atoms with van der Waals surface area (Å²) < 4.78 is 5.38. The molecule has 1 aliphatic rings. The largest absolute Gasteiger partial charge is 0.481 e. The number of aliphatic hydroxyl groups is 1. The summed E-state index contributed by atoms with van der Waals surface area (Å²) in [7, 11) is 0. The normalized spacial score (nSPS) is 18.4. The molecule has 0 aromatic rings. The molecule has 3 atom stereocenters. The Labute approximate surface area is 129 Å². The number of amides is 1. The second-order valence-corrected chi connectivity index (χ2v) is 5.93. The molecule has 0 saturated heterocycles. The topological polar surface area (TPSA) is 139 Å². The van der Waals surface area contributed by atoms with E-state index >= 15 is 0 Å². The quantitative estimate of drug-likeness (QED) is 0.410. The molecule has 0 aromatic carbocycles. The Balaban J connectivity index is 2.56. The summed E-state index contributed by atoms with van der Waals surface area (Å²) in [6, 6.07) is -2.53. The number of esters is 1. The maximum Gasteiger partial charge on any atom is 0.331 e. The van der Waals surface area contributed by atoms with Gasteiger partial charge >= 0.3 is 11.9 Å². The first-order chi connectivity index (χ1) is 10.3. The highest BCUT2D eigenvalue weighted by Crippen LogP contribution is 2.37. The van der Waals surface area contributed by atoms with E-state index in [4.69, 9.17) is 15.6 Å². The molecule has 0 spiro atoms. The SMILES string of the molecule is CC(C)C(OC(=O)[C@H](CO)NC(=O)[C@@H](N)CC(=O)O)C1CC1. The summed E-state index contributed by atoms with van der Waals surface area (Å²) in [5.74, 6) is -2.30. The third kappa shape index (κ3) is 5.61. The molecule has 1 rings (SSSR count). The van der Waals surface area contributed by atoms with Gasteiger partial charge in [-0.2, -0.15) is 0 Å². The highest BCUT2D eigenvalue weighted by Gasteiger charge is 2.37. The minimum atomic E-state index is -1.29. The third-order valence-electron chi connectivity index (χ3n) is 3.51. The Hall–Kier alpha value is -1.67. The van der Waals surface area contributed by atoms with Crippen molar-refractivity contribution in [3.63, 3.8) is 0 Å². The van der Waals surface area contributed by atoms with E-state index in [1.165, 1.54) is 0 Å². The molecule has 0 aliphatic heterocycles. The van der Waals surface area contributed by atoms with Crippen LogP contribution in [0.15, 0.2) is 0 Å². The van der Waals surface area contributed by atoms with Crippen LogP contribution in [0.3, 0.4) is 0 Å². The Kier molecular flexibility index (Phi) is 6.76. The minimum absolute atomic E-state index is 0.140. The van der Waals surface area contributed by atoms with E-state index < -0.39 is 43.0 Å². The number of hydrogen-bond donors (Lipinski definition) is 4. The number of ether oxygens (including phenoxy) is 1. The van der Waals surface area contributed by atoms with Crippen molar-refractivity contribution < 1.29 is 29.3 Å². The van der Waals surface area contributed by atoms with Crippen molar-refractivity contribution in [3.8, 4) is 0 Å². The molecule has 1 saturated carbocycles. The number of carboxylic acids is 1. The van der Waals surface area contributed by atoms with Crippen LogP contribution in [0.25, 0.3) is 0 Å². The molecule has 1 aliphatic carbocycles. The van der Waals surface area contributed by atoms with Crippen molar-refractivity contribution in [2.45, 2.75) is 51.3 Å². The summed E-state index contributed by atoms with van der Waals surface area (Å²) in [4.78, 5) is 34.3. The molecule has 0 aromatic heterocycles. The number of carbonyl (C=O) groups is 3. The van der Waals surface area contributed by atoms with Crippen LogP contribution in [0.5, 0.6) is 0 Å². The summed E-state index contributed by atoms with van der Waals surface area (Å²) in [6.07, 6.45) is 1.19. The average Bonchev–Trinajstić information content (AvgIpc) is 3.24. The number of nitrogens with one attached hydrogen (secondary N) is 1. The molecule has 8 nitrogen and oxygen atoms in total. The van der Waals surface area contributed by atoms with Crippen LogP contribution in [-0.2, 0) is 19.1 Å². The van der Waals surface area contributed by atoms with Crippen LogP contribution in [0, 0.1) is 11.8 Å². The van der Waals surface area contributed by atoms with Crippen molar-refractivity contribution in [1.29, 1.82) is 0 Å². The summed E-state index contributed by atoms with van der Waals surface area (Å²) in [5, 5.41) is 20.0.